The lowest BCUT2D eigenvalue weighted by atomic mass is 10.0. The molecule has 0 saturated carbocycles. The van der Waals surface area contributed by atoms with Crippen molar-refractivity contribution in [1.82, 2.24) is 14.8 Å². The van der Waals surface area contributed by atoms with Crippen molar-refractivity contribution in [3.63, 3.8) is 0 Å². The second-order valence-corrected chi connectivity index (χ2v) is 9.49. The van der Waals surface area contributed by atoms with Crippen LogP contribution in [0.15, 0.2) is 72.9 Å². The van der Waals surface area contributed by atoms with Gasteiger partial charge in [0.1, 0.15) is 17.5 Å². The Hall–Kier alpha value is -3.38. The highest BCUT2D eigenvalue weighted by atomic mass is 35.5. The summed E-state index contributed by atoms with van der Waals surface area (Å²) < 4.78 is 6.29. The zero-order chi connectivity index (χ0) is 25.3. The van der Waals surface area contributed by atoms with Gasteiger partial charge in [-0.2, -0.15) is 0 Å². The molecular weight excluding hydrogens is 474 g/mol. The number of nitrogens with zero attached hydrogens (tertiary/aromatic N) is 3. The first kappa shape index (κ1) is 25.7. The summed E-state index contributed by atoms with van der Waals surface area (Å²) in [6.45, 7) is 1.51. The number of rotatable bonds is 3. The van der Waals surface area contributed by atoms with Gasteiger partial charge in [-0.15, -0.1) is 0 Å². The predicted octanol–water partition coefficient (Wildman–Crippen LogP) is 5.51. The van der Waals surface area contributed by atoms with Crippen molar-refractivity contribution >= 4 is 23.4 Å². The summed E-state index contributed by atoms with van der Waals surface area (Å²) >= 11 is 6.33. The fraction of sp³-hybridized carbons (Fsp3) is 0.345. The maximum Gasteiger partial charge on any atom is 0.257 e. The van der Waals surface area contributed by atoms with Crippen LogP contribution in [0.3, 0.4) is 0 Å². The molecule has 2 amide bonds. The molecule has 6 nitrogen and oxygen atoms in total. The Bertz CT molecular complexity index is 1170. The third-order valence-corrected chi connectivity index (χ3v) is 6.84. The van der Waals surface area contributed by atoms with E-state index in [2.05, 4.69) is 17.1 Å². The number of para-hydroxylation sites is 1. The van der Waals surface area contributed by atoms with Gasteiger partial charge in [-0.1, -0.05) is 66.9 Å². The summed E-state index contributed by atoms with van der Waals surface area (Å²) in [5.74, 6) is 0.308. The van der Waals surface area contributed by atoms with Crippen molar-refractivity contribution in [2.45, 2.75) is 38.1 Å². The van der Waals surface area contributed by atoms with Crippen LogP contribution < -0.4 is 4.74 Å². The number of carbonyl (C=O) groups excluding carboxylic acids is 2. The molecule has 0 aliphatic carbocycles. The van der Waals surface area contributed by atoms with Gasteiger partial charge in [-0.05, 0) is 49.1 Å². The Labute approximate surface area is 217 Å². The summed E-state index contributed by atoms with van der Waals surface area (Å²) in [5.41, 5.74) is 2.02. The number of amides is 2. The number of ether oxygens (including phenoxy) is 1. The normalized spacial score (nSPS) is 17.6. The maximum atomic E-state index is 13.8. The number of hydrogen-bond donors (Lipinski definition) is 0. The SMILES string of the molecule is CN1CCCCCCN(C(=O)c2cccnc2Cl)[C@H](Cc2ccccc2)COc2ccccc2C1=O. The number of carbonyl (C=O) groups is 2. The summed E-state index contributed by atoms with van der Waals surface area (Å²) in [4.78, 5) is 34.7. The highest BCUT2D eigenvalue weighted by Gasteiger charge is 2.28. The van der Waals surface area contributed by atoms with Crippen LogP contribution in [-0.2, 0) is 6.42 Å². The highest BCUT2D eigenvalue weighted by molar-refractivity contribution is 6.32. The van der Waals surface area contributed by atoms with Gasteiger partial charge in [0.15, 0.2) is 0 Å². The molecule has 0 spiro atoms. The molecule has 1 aliphatic heterocycles. The molecule has 0 radical (unpaired) electrons. The lowest BCUT2D eigenvalue weighted by molar-refractivity contribution is 0.0599. The number of halogens is 1. The Morgan fingerprint density at radius 1 is 0.972 bits per heavy atom. The quantitative estimate of drug-likeness (QED) is 0.440. The van der Waals surface area contributed by atoms with Crippen LogP contribution in [0.4, 0.5) is 0 Å². The summed E-state index contributed by atoms with van der Waals surface area (Å²) in [7, 11) is 1.83. The zero-order valence-corrected chi connectivity index (χ0v) is 21.4. The Morgan fingerprint density at radius 2 is 1.69 bits per heavy atom. The van der Waals surface area contributed by atoms with Crippen LogP contribution in [0.1, 0.15) is 52.0 Å². The molecule has 3 aromatic rings. The first-order valence-corrected chi connectivity index (χ1v) is 12.8. The highest BCUT2D eigenvalue weighted by Crippen LogP contribution is 2.24. The molecule has 4 rings (SSSR count). The summed E-state index contributed by atoms with van der Waals surface area (Å²) in [6, 6.07) is 20.6. The minimum atomic E-state index is -0.264. The third kappa shape index (κ3) is 6.43. The van der Waals surface area contributed by atoms with Crippen molar-refractivity contribution in [2.75, 3.05) is 26.7 Å². The van der Waals surface area contributed by atoms with Crippen LogP contribution in [0.5, 0.6) is 5.75 Å². The van der Waals surface area contributed by atoms with Crippen molar-refractivity contribution in [3.8, 4) is 5.75 Å². The molecule has 2 aromatic carbocycles. The van der Waals surface area contributed by atoms with E-state index >= 15 is 0 Å². The van der Waals surface area contributed by atoms with Gasteiger partial charge in [-0.25, -0.2) is 4.98 Å². The topological polar surface area (TPSA) is 62.7 Å². The standard InChI is InChI=1S/C29H32ClN3O3/c1-32-18-9-2-3-10-19-33(29(35)25-15-11-17-31-27(25)30)23(20-22-12-5-4-6-13-22)21-36-26-16-8-7-14-24(26)28(32)34/h4-8,11-17,23H,2-3,9-10,18-21H2,1H3/t23-/m1/s1. The predicted molar refractivity (Wildman–Crippen MR) is 142 cm³/mol. The minimum Gasteiger partial charge on any atom is -0.491 e. The number of aromatic nitrogens is 1. The average Bonchev–Trinajstić information content (AvgIpc) is 2.90. The first-order chi connectivity index (χ1) is 17.5. The smallest absolute Gasteiger partial charge is 0.257 e. The zero-order valence-electron chi connectivity index (χ0n) is 20.6. The number of pyridine rings is 1. The van der Waals surface area contributed by atoms with Gasteiger partial charge in [-0.3, -0.25) is 9.59 Å². The van der Waals surface area contributed by atoms with E-state index in [9.17, 15) is 9.59 Å². The van der Waals surface area contributed by atoms with Gasteiger partial charge in [0.2, 0.25) is 0 Å². The summed E-state index contributed by atoms with van der Waals surface area (Å²) in [6.07, 6.45) is 5.89. The third-order valence-electron chi connectivity index (χ3n) is 6.54. The largest absolute Gasteiger partial charge is 0.491 e. The molecule has 0 unspecified atom stereocenters. The average molecular weight is 506 g/mol. The first-order valence-electron chi connectivity index (χ1n) is 12.5. The van der Waals surface area contributed by atoms with E-state index in [1.54, 1.807) is 29.3 Å². The van der Waals surface area contributed by atoms with Crippen LogP contribution in [0.2, 0.25) is 5.15 Å². The molecular formula is C29H32ClN3O3. The van der Waals surface area contributed by atoms with Crippen LogP contribution in [0.25, 0.3) is 0 Å². The Kier molecular flexibility index (Phi) is 8.95. The van der Waals surface area contributed by atoms with E-state index in [1.165, 1.54) is 0 Å². The van der Waals surface area contributed by atoms with Gasteiger partial charge in [0, 0.05) is 26.3 Å². The molecule has 0 bridgehead atoms. The lowest BCUT2D eigenvalue weighted by Crippen LogP contribution is -2.46. The maximum absolute atomic E-state index is 13.8. The number of benzene rings is 2. The second-order valence-electron chi connectivity index (χ2n) is 9.13. The minimum absolute atomic E-state index is 0.0580. The van der Waals surface area contributed by atoms with E-state index in [4.69, 9.17) is 16.3 Å². The van der Waals surface area contributed by atoms with E-state index in [0.717, 1.165) is 31.2 Å². The van der Waals surface area contributed by atoms with Gasteiger partial charge in [0.25, 0.3) is 11.8 Å². The fourth-order valence-corrected chi connectivity index (χ4v) is 4.74. The van der Waals surface area contributed by atoms with Gasteiger partial charge >= 0.3 is 0 Å². The number of hydrogen-bond acceptors (Lipinski definition) is 4. The Morgan fingerprint density at radius 3 is 2.47 bits per heavy atom. The lowest BCUT2D eigenvalue weighted by Gasteiger charge is -2.33. The monoisotopic (exact) mass is 505 g/mol. The molecule has 1 atom stereocenters. The molecule has 7 heteroatoms. The molecule has 1 aromatic heterocycles. The fourth-order valence-electron chi connectivity index (χ4n) is 4.54. The van der Waals surface area contributed by atoms with Crippen LogP contribution in [-0.4, -0.2) is 59.4 Å². The molecule has 1 aliphatic rings. The van der Waals surface area contributed by atoms with Crippen molar-refractivity contribution in [3.05, 3.63) is 94.8 Å². The van der Waals surface area contributed by atoms with Gasteiger partial charge in [0.05, 0.1) is 17.2 Å². The molecule has 0 fully saturated rings. The van der Waals surface area contributed by atoms with Crippen molar-refractivity contribution in [1.29, 1.82) is 0 Å². The van der Waals surface area contributed by atoms with E-state index in [-0.39, 0.29) is 29.6 Å². The second kappa shape index (κ2) is 12.5. The molecule has 0 saturated heterocycles. The van der Waals surface area contributed by atoms with Crippen molar-refractivity contribution in [2.24, 2.45) is 0 Å². The van der Waals surface area contributed by atoms with Crippen LogP contribution in [0, 0.1) is 0 Å². The Balaban J connectivity index is 1.70. The molecule has 188 valence electrons. The van der Waals surface area contributed by atoms with E-state index in [0.29, 0.717) is 36.4 Å². The van der Waals surface area contributed by atoms with Gasteiger partial charge < -0.3 is 14.5 Å². The summed E-state index contributed by atoms with van der Waals surface area (Å²) in [5, 5.41) is 0.195. The molecule has 0 N–H and O–H groups in total. The number of fused-ring (bicyclic) bond motifs is 1. The molecule has 36 heavy (non-hydrogen) atoms. The van der Waals surface area contributed by atoms with Crippen molar-refractivity contribution < 1.29 is 14.3 Å². The van der Waals surface area contributed by atoms with E-state index in [1.807, 2.05) is 48.3 Å². The van der Waals surface area contributed by atoms with E-state index < -0.39 is 0 Å². The van der Waals surface area contributed by atoms with Crippen LogP contribution >= 0.6 is 11.6 Å². The molecule has 2 heterocycles.